The Kier molecular flexibility index (Phi) is 9.17. The summed E-state index contributed by atoms with van der Waals surface area (Å²) in [5.41, 5.74) is 17.7. The Morgan fingerprint density at radius 2 is 1.03 bits per heavy atom. The van der Waals surface area contributed by atoms with Gasteiger partial charge in [0.2, 0.25) is 0 Å². The van der Waals surface area contributed by atoms with E-state index in [1.165, 1.54) is 55.5 Å². The molecule has 8 aromatic carbocycles. The van der Waals surface area contributed by atoms with Crippen LogP contribution < -0.4 is 4.90 Å². The smallest absolute Gasteiger partial charge is 0.134 e. The topological polar surface area (TPSA) is 21.3 Å². The molecule has 0 saturated carbocycles. The van der Waals surface area contributed by atoms with E-state index in [-0.39, 0.29) is 5.41 Å². The van der Waals surface area contributed by atoms with Crippen molar-refractivity contribution in [2.24, 2.45) is 0 Å². The maximum atomic E-state index is 6.51. The third-order valence-corrected chi connectivity index (χ3v) is 12.4. The van der Waals surface area contributed by atoms with Gasteiger partial charge in [0.25, 0.3) is 0 Å². The second kappa shape index (κ2) is 15.3. The monoisotopic (exact) mass is 796 g/mol. The molecule has 0 radical (unpaired) electrons. The molecule has 0 saturated heterocycles. The first-order chi connectivity index (χ1) is 30.5. The lowest BCUT2D eigenvalue weighted by atomic mass is 9.81. The van der Waals surface area contributed by atoms with Gasteiger partial charge in [-0.15, -0.1) is 0 Å². The minimum atomic E-state index is -0.238. The van der Waals surface area contributed by atoms with Crippen LogP contribution in [0.5, 0.6) is 0 Å². The zero-order valence-electron chi connectivity index (χ0n) is 34.7. The van der Waals surface area contributed by atoms with Gasteiger partial charge in [-0.3, -0.25) is 0 Å². The van der Waals surface area contributed by atoms with Crippen molar-refractivity contribution in [3.05, 3.63) is 241 Å². The first kappa shape index (κ1) is 37.1. The van der Waals surface area contributed by atoms with Crippen molar-refractivity contribution in [3.8, 4) is 50.5 Å². The number of benzene rings is 8. The third kappa shape index (κ3) is 6.47. The zero-order chi connectivity index (χ0) is 41.6. The zero-order valence-corrected chi connectivity index (χ0v) is 34.7. The summed E-state index contributed by atoms with van der Waals surface area (Å²) in [6.07, 6.45) is 4.17. The quantitative estimate of drug-likeness (QED) is 0.145. The van der Waals surface area contributed by atoms with Crippen LogP contribution in [0.4, 0.5) is 17.1 Å². The molecule has 0 spiro atoms. The fraction of sp³-hybridized carbons (Fsp3) is 0.0508. The summed E-state index contributed by atoms with van der Waals surface area (Å²) < 4.78 is 8.98. The standard InChI is InChI=1S/C59H44N2O/c1-59(2)53-38-44(56-37-35-49(62-56)34-30-41-28-32-48(33-29-41)60(45-22-12-5-13-23-45)46-24-14-6-15-25-46)31-36-50(53)51-39-52-55(40-54(51)59)61(47-26-16-7-17-27-47)58(43-20-10-4-11-21-43)57(52)42-18-8-3-9-19-42/h3-40H,1-2H3/b34-30+. The summed E-state index contributed by atoms with van der Waals surface area (Å²) in [5, 5.41) is 1.24. The minimum absolute atomic E-state index is 0.238. The fourth-order valence-electron chi connectivity index (χ4n) is 9.39. The Hall–Kier alpha value is -7.88. The second-order valence-corrected chi connectivity index (χ2v) is 16.6. The van der Waals surface area contributed by atoms with Gasteiger partial charge in [-0.2, -0.15) is 0 Å². The molecule has 0 unspecified atom stereocenters. The molecular formula is C59H44N2O. The van der Waals surface area contributed by atoms with Crippen molar-refractivity contribution in [3.63, 3.8) is 0 Å². The summed E-state index contributed by atoms with van der Waals surface area (Å²) in [6, 6.07) is 78.0. The molecule has 11 rings (SSSR count). The van der Waals surface area contributed by atoms with Gasteiger partial charge < -0.3 is 13.9 Å². The van der Waals surface area contributed by atoms with Gasteiger partial charge in [0.05, 0.1) is 11.2 Å². The summed E-state index contributed by atoms with van der Waals surface area (Å²) in [7, 11) is 0. The molecule has 0 amide bonds. The highest BCUT2D eigenvalue weighted by Gasteiger charge is 2.37. The third-order valence-electron chi connectivity index (χ3n) is 12.4. The molecule has 2 heterocycles. The summed E-state index contributed by atoms with van der Waals surface area (Å²) in [4.78, 5) is 2.27. The van der Waals surface area contributed by atoms with Gasteiger partial charge >= 0.3 is 0 Å². The molecular weight excluding hydrogens is 753 g/mol. The lowest BCUT2D eigenvalue weighted by molar-refractivity contribution is 0.571. The molecule has 0 N–H and O–H groups in total. The maximum Gasteiger partial charge on any atom is 0.134 e. The van der Waals surface area contributed by atoms with E-state index in [4.69, 9.17) is 4.42 Å². The lowest BCUT2D eigenvalue weighted by Gasteiger charge is -2.25. The number of anilines is 3. The average Bonchev–Trinajstić information content (AvgIpc) is 4.01. The molecule has 296 valence electrons. The fourth-order valence-corrected chi connectivity index (χ4v) is 9.39. The molecule has 0 aliphatic heterocycles. The Morgan fingerprint density at radius 1 is 0.468 bits per heavy atom. The number of hydrogen-bond acceptors (Lipinski definition) is 2. The molecule has 0 atom stereocenters. The number of furan rings is 1. The summed E-state index contributed by atoms with van der Waals surface area (Å²) in [6.45, 7) is 4.72. The largest absolute Gasteiger partial charge is 0.457 e. The van der Waals surface area contributed by atoms with Crippen molar-refractivity contribution in [2.75, 3.05) is 4.90 Å². The van der Waals surface area contributed by atoms with Gasteiger partial charge in [0.15, 0.2) is 0 Å². The number of hydrogen-bond donors (Lipinski definition) is 0. The Morgan fingerprint density at radius 3 is 1.68 bits per heavy atom. The van der Waals surface area contributed by atoms with Crippen LogP contribution in [0.25, 0.3) is 73.6 Å². The van der Waals surface area contributed by atoms with Crippen molar-refractivity contribution in [1.82, 2.24) is 4.57 Å². The molecule has 0 fully saturated rings. The van der Waals surface area contributed by atoms with E-state index in [2.05, 4.69) is 254 Å². The highest BCUT2D eigenvalue weighted by molar-refractivity contribution is 6.08. The highest BCUT2D eigenvalue weighted by Crippen LogP contribution is 2.53. The second-order valence-electron chi connectivity index (χ2n) is 16.6. The molecule has 62 heavy (non-hydrogen) atoms. The van der Waals surface area contributed by atoms with Crippen LogP contribution in [-0.4, -0.2) is 4.57 Å². The van der Waals surface area contributed by atoms with Crippen molar-refractivity contribution in [1.29, 1.82) is 0 Å². The summed E-state index contributed by atoms with van der Waals surface area (Å²) >= 11 is 0. The molecule has 0 bridgehead atoms. The predicted octanol–water partition coefficient (Wildman–Crippen LogP) is 16.2. The van der Waals surface area contributed by atoms with E-state index >= 15 is 0 Å². The van der Waals surface area contributed by atoms with E-state index in [9.17, 15) is 0 Å². The SMILES string of the molecule is CC1(C)c2cc(-c3ccc(/C=C/c4ccc(N(c5ccccc5)c5ccccc5)cc4)o3)ccc2-c2cc3c(-c4ccccc4)c(-c4ccccc4)n(-c4ccccc4)c3cc21. The number of fused-ring (bicyclic) bond motifs is 4. The molecule has 2 aromatic heterocycles. The van der Waals surface area contributed by atoms with Crippen LogP contribution in [0.3, 0.4) is 0 Å². The first-order valence-electron chi connectivity index (χ1n) is 21.3. The summed E-state index contributed by atoms with van der Waals surface area (Å²) in [5.74, 6) is 1.67. The van der Waals surface area contributed by atoms with Crippen LogP contribution in [-0.2, 0) is 5.41 Å². The number of aromatic nitrogens is 1. The lowest BCUT2D eigenvalue weighted by Crippen LogP contribution is -2.15. The van der Waals surface area contributed by atoms with Crippen LogP contribution in [0.1, 0.15) is 36.3 Å². The van der Waals surface area contributed by atoms with Crippen molar-refractivity contribution >= 4 is 40.1 Å². The number of nitrogens with zero attached hydrogens (tertiary/aromatic N) is 2. The van der Waals surface area contributed by atoms with Gasteiger partial charge in [0, 0.05) is 44.7 Å². The van der Waals surface area contributed by atoms with Gasteiger partial charge in [-0.1, -0.05) is 159 Å². The highest BCUT2D eigenvalue weighted by atomic mass is 16.3. The van der Waals surface area contributed by atoms with E-state index in [0.29, 0.717) is 0 Å². The molecule has 1 aliphatic carbocycles. The van der Waals surface area contributed by atoms with Gasteiger partial charge in [0.1, 0.15) is 11.5 Å². The normalized spacial score (nSPS) is 12.7. The van der Waals surface area contributed by atoms with Gasteiger partial charge in [-0.05, 0) is 124 Å². The van der Waals surface area contributed by atoms with Crippen LogP contribution in [0.2, 0.25) is 0 Å². The predicted molar refractivity (Wildman–Crippen MR) is 259 cm³/mol. The van der Waals surface area contributed by atoms with E-state index < -0.39 is 0 Å². The van der Waals surface area contributed by atoms with Crippen LogP contribution in [0.15, 0.2) is 223 Å². The molecule has 1 aliphatic rings. The minimum Gasteiger partial charge on any atom is -0.457 e. The maximum absolute atomic E-state index is 6.51. The Labute approximate surface area is 363 Å². The van der Waals surface area contributed by atoms with Crippen molar-refractivity contribution < 1.29 is 4.42 Å². The van der Waals surface area contributed by atoms with E-state index in [0.717, 1.165) is 45.4 Å². The van der Waals surface area contributed by atoms with Crippen LogP contribution in [0, 0.1) is 0 Å². The first-order valence-corrected chi connectivity index (χ1v) is 21.3. The van der Waals surface area contributed by atoms with E-state index in [1.54, 1.807) is 0 Å². The van der Waals surface area contributed by atoms with Crippen molar-refractivity contribution in [2.45, 2.75) is 19.3 Å². The van der Waals surface area contributed by atoms with Crippen LogP contribution >= 0.6 is 0 Å². The molecule has 3 heteroatoms. The van der Waals surface area contributed by atoms with E-state index in [1.807, 2.05) is 0 Å². The Bertz CT molecular complexity index is 3180. The number of rotatable bonds is 9. The average molecular weight is 797 g/mol. The molecule has 3 nitrogen and oxygen atoms in total. The Balaban J connectivity index is 0.937. The molecule has 10 aromatic rings. The number of para-hydroxylation sites is 3. The van der Waals surface area contributed by atoms with Gasteiger partial charge in [-0.25, -0.2) is 0 Å².